The number of rotatable bonds is 3. The highest BCUT2D eigenvalue weighted by Crippen LogP contribution is 2.19. The summed E-state index contributed by atoms with van der Waals surface area (Å²) in [5.41, 5.74) is 1.40. The third kappa shape index (κ3) is 2.46. The standard InChI is InChI=1S/C15H17N5O3S/c1-9-14(10(2)19(4)17-9)24(22,23)18-15(21)13-12-7-5-6-8-20(12)11(3)16-13/h5-8H,1-4H3,(H,18,21). The van der Waals surface area contributed by atoms with E-state index in [1.807, 2.05) is 6.07 Å². The summed E-state index contributed by atoms with van der Waals surface area (Å²) in [6.07, 6.45) is 1.76. The second kappa shape index (κ2) is 5.45. The van der Waals surface area contributed by atoms with Gasteiger partial charge in [0.05, 0.1) is 16.9 Å². The Hall–Kier alpha value is -2.68. The molecule has 1 amide bonds. The zero-order chi connectivity index (χ0) is 17.6. The Kier molecular flexibility index (Phi) is 3.67. The van der Waals surface area contributed by atoms with Crippen molar-refractivity contribution in [3.63, 3.8) is 0 Å². The van der Waals surface area contributed by atoms with Gasteiger partial charge in [0.1, 0.15) is 10.7 Å². The number of carbonyl (C=O) groups is 1. The van der Waals surface area contributed by atoms with Crippen molar-refractivity contribution in [1.29, 1.82) is 0 Å². The van der Waals surface area contributed by atoms with Gasteiger partial charge in [-0.25, -0.2) is 18.1 Å². The molecule has 0 bridgehead atoms. The van der Waals surface area contributed by atoms with E-state index in [0.717, 1.165) is 0 Å². The highest BCUT2D eigenvalue weighted by molar-refractivity contribution is 7.90. The Morgan fingerprint density at radius 1 is 1.21 bits per heavy atom. The summed E-state index contributed by atoms with van der Waals surface area (Å²) >= 11 is 0. The second-order valence-electron chi connectivity index (χ2n) is 5.52. The molecule has 0 aromatic carbocycles. The lowest BCUT2D eigenvalue weighted by Gasteiger charge is -2.06. The van der Waals surface area contributed by atoms with Gasteiger partial charge in [-0.1, -0.05) is 6.07 Å². The van der Waals surface area contributed by atoms with Crippen molar-refractivity contribution in [2.75, 3.05) is 0 Å². The molecule has 0 saturated heterocycles. The van der Waals surface area contributed by atoms with Crippen molar-refractivity contribution in [1.82, 2.24) is 23.9 Å². The lowest BCUT2D eigenvalue weighted by molar-refractivity contribution is 0.0978. The highest BCUT2D eigenvalue weighted by Gasteiger charge is 2.28. The second-order valence-corrected chi connectivity index (χ2v) is 7.14. The average molecular weight is 347 g/mol. The van der Waals surface area contributed by atoms with Crippen LogP contribution in [0.4, 0.5) is 0 Å². The molecule has 0 fully saturated rings. The molecule has 0 spiro atoms. The molecule has 9 heteroatoms. The van der Waals surface area contributed by atoms with Crippen molar-refractivity contribution in [3.8, 4) is 0 Å². The maximum atomic E-state index is 12.6. The van der Waals surface area contributed by atoms with Crippen LogP contribution in [0.15, 0.2) is 29.3 Å². The van der Waals surface area contributed by atoms with E-state index in [1.54, 1.807) is 50.5 Å². The Labute approximate surface area is 139 Å². The molecule has 0 unspecified atom stereocenters. The number of nitrogens with zero attached hydrogens (tertiary/aromatic N) is 4. The zero-order valence-electron chi connectivity index (χ0n) is 13.7. The van der Waals surface area contributed by atoms with Crippen molar-refractivity contribution in [2.45, 2.75) is 25.7 Å². The van der Waals surface area contributed by atoms with Gasteiger partial charge < -0.3 is 4.40 Å². The van der Waals surface area contributed by atoms with Gasteiger partial charge in [0.25, 0.3) is 15.9 Å². The predicted molar refractivity (Wildman–Crippen MR) is 87.3 cm³/mol. The molecule has 24 heavy (non-hydrogen) atoms. The molecule has 0 saturated carbocycles. The normalized spacial score (nSPS) is 11.8. The fourth-order valence-corrected chi connectivity index (χ4v) is 4.12. The van der Waals surface area contributed by atoms with Crippen molar-refractivity contribution >= 4 is 21.4 Å². The van der Waals surface area contributed by atoms with E-state index in [4.69, 9.17) is 0 Å². The lowest BCUT2D eigenvalue weighted by atomic mass is 10.3. The summed E-state index contributed by atoms with van der Waals surface area (Å²) < 4.78 is 30.5. The van der Waals surface area contributed by atoms with Gasteiger partial charge >= 0.3 is 0 Å². The van der Waals surface area contributed by atoms with Gasteiger partial charge in [-0.3, -0.25) is 9.48 Å². The Morgan fingerprint density at radius 2 is 1.92 bits per heavy atom. The van der Waals surface area contributed by atoms with E-state index in [1.165, 1.54) is 4.68 Å². The van der Waals surface area contributed by atoms with Crippen LogP contribution >= 0.6 is 0 Å². The van der Waals surface area contributed by atoms with Gasteiger partial charge in [-0.05, 0) is 32.9 Å². The molecule has 0 aliphatic heterocycles. The van der Waals surface area contributed by atoms with E-state index in [2.05, 4.69) is 14.8 Å². The molecule has 3 rings (SSSR count). The first kappa shape index (κ1) is 16.2. The van der Waals surface area contributed by atoms with Crippen LogP contribution in [0.1, 0.15) is 27.7 Å². The number of pyridine rings is 1. The van der Waals surface area contributed by atoms with Crippen molar-refractivity contribution < 1.29 is 13.2 Å². The van der Waals surface area contributed by atoms with E-state index >= 15 is 0 Å². The molecular formula is C15H17N5O3S. The van der Waals surface area contributed by atoms with Crippen LogP contribution in [0.25, 0.3) is 5.52 Å². The Morgan fingerprint density at radius 3 is 2.54 bits per heavy atom. The van der Waals surface area contributed by atoms with Gasteiger partial charge in [0, 0.05) is 13.2 Å². The molecule has 0 aliphatic rings. The number of nitrogens with one attached hydrogen (secondary N) is 1. The monoisotopic (exact) mass is 347 g/mol. The fourth-order valence-electron chi connectivity index (χ4n) is 2.72. The van der Waals surface area contributed by atoms with Crippen molar-refractivity contribution in [3.05, 3.63) is 47.3 Å². The van der Waals surface area contributed by atoms with Crippen LogP contribution in [0, 0.1) is 20.8 Å². The van der Waals surface area contributed by atoms with Crippen LogP contribution in [0.2, 0.25) is 0 Å². The third-order valence-corrected chi connectivity index (χ3v) is 5.46. The van der Waals surface area contributed by atoms with E-state index in [-0.39, 0.29) is 10.6 Å². The number of amides is 1. The molecule has 3 heterocycles. The first-order valence-electron chi connectivity index (χ1n) is 7.23. The minimum Gasteiger partial charge on any atom is -0.303 e. The van der Waals surface area contributed by atoms with Gasteiger partial charge in [0.15, 0.2) is 5.69 Å². The molecular weight excluding hydrogens is 330 g/mol. The van der Waals surface area contributed by atoms with Crippen LogP contribution in [-0.4, -0.2) is 33.5 Å². The number of aryl methyl sites for hydroxylation is 3. The molecule has 0 atom stereocenters. The number of fused-ring (bicyclic) bond motifs is 1. The molecule has 8 nitrogen and oxygen atoms in total. The predicted octanol–water partition coefficient (Wildman–Crippen LogP) is 1.11. The number of hydrogen-bond acceptors (Lipinski definition) is 5. The maximum absolute atomic E-state index is 12.6. The number of carbonyl (C=O) groups excluding carboxylic acids is 1. The minimum absolute atomic E-state index is 0.0126. The average Bonchev–Trinajstić information content (AvgIpc) is 2.97. The smallest absolute Gasteiger partial charge is 0.285 e. The summed E-state index contributed by atoms with van der Waals surface area (Å²) in [4.78, 5) is 16.7. The zero-order valence-corrected chi connectivity index (χ0v) is 14.5. The summed E-state index contributed by atoms with van der Waals surface area (Å²) in [5, 5.41) is 4.08. The van der Waals surface area contributed by atoms with E-state index in [9.17, 15) is 13.2 Å². The van der Waals surface area contributed by atoms with Crippen LogP contribution in [0.3, 0.4) is 0 Å². The number of aromatic nitrogens is 4. The Balaban J connectivity index is 2.02. The molecule has 3 aromatic heterocycles. The minimum atomic E-state index is -4.04. The van der Waals surface area contributed by atoms with Gasteiger partial charge in [-0.15, -0.1) is 0 Å². The summed E-state index contributed by atoms with van der Waals surface area (Å²) in [7, 11) is -2.39. The topological polar surface area (TPSA) is 98.4 Å². The van der Waals surface area contributed by atoms with Gasteiger partial charge in [0.2, 0.25) is 0 Å². The lowest BCUT2D eigenvalue weighted by Crippen LogP contribution is -2.31. The van der Waals surface area contributed by atoms with Gasteiger partial charge in [-0.2, -0.15) is 5.10 Å². The van der Waals surface area contributed by atoms with Crippen LogP contribution < -0.4 is 4.72 Å². The molecule has 1 N–H and O–H groups in total. The van der Waals surface area contributed by atoms with Crippen molar-refractivity contribution in [2.24, 2.45) is 7.05 Å². The molecule has 0 radical (unpaired) electrons. The molecule has 3 aromatic rings. The van der Waals surface area contributed by atoms with E-state index in [0.29, 0.717) is 22.7 Å². The number of hydrogen-bond donors (Lipinski definition) is 1. The molecule has 126 valence electrons. The Bertz CT molecular complexity index is 1060. The quantitative estimate of drug-likeness (QED) is 0.765. The summed E-state index contributed by atoms with van der Waals surface area (Å²) in [6.45, 7) is 4.96. The van der Waals surface area contributed by atoms with Crippen LogP contribution in [0.5, 0.6) is 0 Å². The summed E-state index contributed by atoms with van der Waals surface area (Å²) in [6, 6.07) is 5.28. The number of sulfonamides is 1. The number of imidazole rings is 1. The van der Waals surface area contributed by atoms with E-state index < -0.39 is 15.9 Å². The highest BCUT2D eigenvalue weighted by atomic mass is 32.2. The largest absolute Gasteiger partial charge is 0.303 e. The SMILES string of the molecule is Cc1nn(C)c(C)c1S(=O)(=O)NC(=O)c1nc(C)n2ccccc12. The summed E-state index contributed by atoms with van der Waals surface area (Å²) in [5.74, 6) is -0.170. The fraction of sp³-hybridized carbons (Fsp3) is 0.267. The third-order valence-electron chi connectivity index (χ3n) is 3.88. The maximum Gasteiger partial charge on any atom is 0.285 e. The van der Waals surface area contributed by atoms with Crippen LogP contribution in [-0.2, 0) is 17.1 Å². The first-order chi connectivity index (χ1) is 11.2. The first-order valence-corrected chi connectivity index (χ1v) is 8.71. The molecule has 0 aliphatic carbocycles.